The fourth-order valence-electron chi connectivity index (χ4n) is 2.26. The Morgan fingerprint density at radius 2 is 1.95 bits per heavy atom. The Morgan fingerprint density at radius 1 is 1.14 bits per heavy atom. The van der Waals surface area contributed by atoms with Gasteiger partial charge in [0, 0.05) is 4.90 Å². The number of phenolic OH excluding ortho intramolecular Hbond substituents is 1. The summed E-state index contributed by atoms with van der Waals surface area (Å²) in [5.41, 5.74) is 3.87. The Labute approximate surface area is 134 Å². The third-order valence-corrected chi connectivity index (χ3v) is 6.34. The molecular weight excluding hydrogens is 292 g/mol. The smallest absolute Gasteiger partial charge is 0.118 e. The number of benzene rings is 2. The number of hydrogen-bond donors (Lipinski definition) is 1. The summed E-state index contributed by atoms with van der Waals surface area (Å²) in [6.45, 7) is 6.52. The number of aromatic hydroxyl groups is 1. The van der Waals surface area contributed by atoms with E-state index in [1.165, 1.54) is 21.2 Å². The average molecular weight is 315 g/mol. The minimum absolute atomic E-state index is 0.429. The van der Waals surface area contributed by atoms with Gasteiger partial charge in [-0.2, -0.15) is 0 Å². The Bertz CT molecular complexity index is 610. The van der Waals surface area contributed by atoms with Gasteiger partial charge in [-0.1, -0.05) is 36.7 Å². The van der Waals surface area contributed by atoms with Crippen LogP contribution in [-0.4, -0.2) is 20.0 Å². The zero-order valence-corrected chi connectivity index (χ0v) is 14.8. The molecule has 0 heterocycles. The maximum atomic E-state index is 9.83. The van der Waals surface area contributed by atoms with Crippen molar-refractivity contribution in [2.75, 3.05) is 5.38 Å². The summed E-state index contributed by atoms with van der Waals surface area (Å²) < 4.78 is 0. The molecule has 0 amide bonds. The molecule has 0 atom stereocenters. The zero-order chi connectivity index (χ0) is 15.2. The molecule has 0 spiro atoms. The second kappa shape index (κ2) is 7.71. The van der Waals surface area contributed by atoms with Crippen LogP contribution in [0, 0.1) is 13.8 Å². The third kappa shape index (κ3) is 4.38. The molecule has 1 N–H and O–H groups in total. The first-order chi connectivity index (χ1) is 10.1. The van der Waals surface area contributed by atoms with E-state index in [0.717, 1.165) is 33.3 Å². The third-order valence-electron chi connectivity index (χ3n) is 3.68. The van der Waals surface area contributed by atoms with E-state index >= 15 is 0 Å². The van der Waals surface area contributed by atoms with Crippen LogP contribution in [0.5, 0.6) is 5.75 Å². The summed E-state index contributed by atoms with van der Waals surface area (Å²) in [6, 6.07) is 12.5. The lowest BCUT2D eigenvalue weighted by Crippen LogP contribution is -2.20. The first kappa shape index (κ1) is 16.2. The quantitative estimate of drug-likeness (QED) is 0.641. The van der Waals surface area contributed by atoms with E-state index in [-0.39, 0.29) is 0 Å². The Morgan fingerprint density at radius 3 is 2.71 bits per heavy atom. The second-order valence-corrected chi connectivity index (χ2v) is 8.06. The molecule has 2 aromatic carbocycles. The Hall–Kier alpha value is -1.19. The van der Waals surface area contributed by atoms with Gasteiger partial charge >= 0.3 is 0 Å². The summed E-state index contributed by atoms with van der Waals surface area (Å²) >= 11 is 1.88. The molecular formula is C18H22OSSi. The van der Waals surface area contributed by atoms with Crippen molar-refractivity contribution >= 4 is 26.5 Å². The lowest BCUT2D eigenvalue weighted by molar-refractivity contribution is 0.467. The van der Waals surface area contributed by atoms with Gasteiger partial charge in [0.25, 0.3) is 0 Å². The average Bonchev–Trinajstić information content (AvgIpc) is 2.47. The van der Waals surface area contributed by atoms with Crippen LogP contribution in [0.2, 0.25) is 0 Å². The van der Waals surface area contributed by atoms with E-state index in [2.05, 4.69) is 45.0 Å². The summed E-state index contributed by atoms with van der Waals surface area (Å²) in [5.74, 6) is 0.429. The molecule has 2 radical (unpaired) electrons. The largest absolute Gasteiger partial charge is 0.508 e. The number of hydrogen-bond acceptors (Lipinski definition) is 2. The molecule has 0 aromatic heterocycles. The van der Waals surface area contributed by atoms with Crippen molar-refractivity contribution in [2.24, 2.45) is 0 Å². The van der Waals surface area contributed by atoms with Crippen molar-refractivity contribution in [1.29, 1.82) is 0 Å². The Kier molecular flexibility index (Phi) is 5.94. The molecule has 0 bridgehead atoms. The predicted molar refractivity (Wildman–Crippen MR) is 94.1 cm³/mol. The zero-order valence-electron chi connectivity index (χ0n) is 12.9. The van der Waals surface area contributed by atoms with Crippen molar-refractivity contribution in [3.8, 4) is 5.75 Å². The van der Waals surface area contributed by atoms with Crippen LogP contribution >= 0.6 is 11.8 Å². The molecule has 21 heavy (non-hydrogen) atoms. The lowest BCUT2D eigenvalue weighted by atomic mass is 10.1. The molecule has 0 fully saturated rings. The van der Waals surface area contributed by atoms with Crippen LogP contribution in [0.3, 0.4) is 0 Å². The van der Waals surface area contributed by atoms with Crippen LogP contribution in [0.15, 0.2) is 41.3 Å². The summed E-state index contributed by atoms with van der Waals surface area (Å²) in [6.07, 6.45) is 2.01. The van der Waals surface area contributed by atoms with Gasteiger partial charge in [-0.25, -0.2) is 0 Å². The number of rotatable bonds is 6. The molecule has 0 unspecified atom stereocenters. The molecule has 3 heteroatoms. The molecule has 0 saturated heterocycles. The SMILES string of the molecule is CCCc1cc(SC[Si]c2cccc(C)c2C)ccc1O. The van der Waals surface area contributed by atoms with Crippen molar-refractivity contribution in [3.05, 3.63) is 53.1 Å². The minimum Gasteiger partial charge on any atom is -0.508 e. The molecule has 110 valence electrons. The van der Waals surface area contributed by atoms with Crippen molar-refractivity contribution in [1.82, 2.24) is 0 Å². The molecule has 0 aliphatic carbocycles. The van der Waals surface area contributed by atoms with Gasteiger partial charge in [-0.15, -0.1) is 11.8 Å². The molecule has 0 aliphatic heterocycles. The highest BCUT2D eigenvalue weighted by Crippen LogP contribution is 2.26. The second-order valence-electron chi connectivity index (χ2n) is 5.25. The molecule has 2 rings (SSSR count). The normalized spacial score (nSPS) is 10.8. The van der Waals surface area contributed by atoms with Crippen LogP contribution in [-0.2, 0) is 6.42 Å². The summed E-state index contributed by atoms with van der Waals surface area (Å²) in [5, 5.41) is 12.4. The fourth-order valence-corrected chi connectivity index (χ4v) is 4.90. The summed E-state index contributed by atoms with van der Waals surface area (Å²) in [4.78, 5) is 1.26. The predicted octanol–water partition coefficient (Wildman–Crippen LogP) is 4.04. The highest BCUT2D eigenvalue weighted by atomic mass is 32.2. The monoisotopic (exact) mass is 314 g/mol. The maximum absolute atomic E-state index is 9.83. The molecule has 0 saturated carbocycles. The van der Waals surface area contributed by atoms with Gasteiger partial charge in [-0.05, 0) is 60.5 Å². The van der Waals surface area contributed by atoms with Crippen molar-refractivity contribution in [2.45, 2.75) is 38.5 Å². The number of aryl methyl sites for hydroxylation is 2. The number of phenols is 1. The van der Waals surface area contributed by atoms with Gasteiger partial charge in [0.1, 0.15) is 5.75 Å². The van der Waals surface area contributed by atoms with Crippen LogP contribution < -0.4 is 5.19 Å². The van der Waals surface area contributed by atoms with Crippen molar-refractivity contribution in [3.63, 3.8) is 0 Å². The van der Waals surface area contributed by atoms with Crippen molar-refractivity contribution < 1.29 is 5.11 Å². The maximum Gasteiger partial charge on any atom is 0.118 e. The highest BCUT2D eigenvalue weighted by molar-refractivity contribution is 8.00. The minimum atomic E-state index is 0.429. The van der Waals surface area contributed by atoms with E-state index in [4.69, 9.17) is 0 Å². The van der Waals surface area contributed by atoms with Crippen LogP contribution in [0.4, 0.5) is 0 Å². The molecule has 0 aliphatic rings. The molecule has 2 aromatic rings. The summed E-state index contributed by atoms with van der Waals surface area (Å²) in [7, 11) is 0.821. The van der Waals surface area contributed by atoms with E-state index in [1.54, 1.807) is 0 Å². The standard InChI is InChI=1S/C18H22OSSi/c1-4-6-15-11-16(9-10-17(15)19)20-12-21-18-8-5-7-13(2)14(18)3/h5,7-11,19H,4,6,12H2,1-3H3. The van der Waals surface area contributed by atoms with Gasteiger partial charge < -0.3 is 5.11 Å². The first-order valence-corrected chi connectivity index (χ1v) is 9.56. The lowest BCUT2D eigenvalue weighted by Gasteiger charge is -2.09. The first-order valence-electron chi connectivity index (χ1n) is 7.36. The van der Waals surface area contributed by atoms with Gasteiger partial charge in [0.15, 0.2) is 0 Å². The van der Waals surface area contributed by atoms with Crippen LogP contribution in [0.25, 0.3) is 0 Å². The van der Waals surface area contributed by atoms with E-state index < -0.39 is 0 Å². The van der Waals surface area contributed by atoms with E-state index in [1.807, 2.05) is 23.9 Å². The van der Waals surface area contributed by atoms with Gasteiger partial charge in [-0.3, -0.25) is 0 Å². The van der Waals surface area contributed by atoms with Gasteiger partial charge in [0.2, 0.25) is 0 Å². The topological polar surface area (TPSA) is 20.2 Å². The fraction of sp³-hybridized carbons (Fsp3) is 0.333. The number of thioether (sulfide) groups is 1. The van der Waals surface area contributed by atoms with Gasteiger partial charge in [0.05, 0.1) is 9.52 Å². The highest BCUT2D eigenvalue weighted by Gasteiger charge is 2.05. The van der Waals surface area contributed by atoms with Crippen LogP contribution in [0.1, 0.15) is 30.0 Å². The molecule has 1 nitrogen and oxygen atoms in total. The van der Waals surface area contributed by atoms with E-state index in [0.29, 0.717) is 5.75 Å². The van der Waals surface area contributed by atoms with E-state index in [9.17, 15) is 5.11 Å². The Balaban J connectivity index is 1.97.